The summed E-state index contributed by atoms with van der Waals surface area (Å²) in [6.07, 6.45) is 2.47. The number of nitrogens with zero attached hydrogens (tertiary/aromatic N) is 2. The first-order chi connectivity index (χ1) is 9.51. The van der Waals surface area contributed by atoms with Gasteiger partial charge in [0.2, 0.25) is 0 Å². The van der Waals surface area contributed by atoms with Gasteiger partial charge in [-0.3, -0.25) is 4.98 Å². The zero-order valence-electron chi connectivity index (χ0n) is 10.2. The summed E-state index contributed by atoms with van der Waals surface area (Å²) in [7, 11) is 1.20. The zero-order chi connectivity index (χ0) is 14.7. The molecule has 0 saturated heterocycles. The summed E-state index contributed by atoms with van der Waals surface area (Å²) < 4.78 is 31.5. The third kappa shape index (κ3) is 3.08. The highest BCUT2D eigenvalue weighted by Crippen LogP contribution is 2.25. The molecule has 0 aliphatic carbocycles. The van der Waals surface area contributed by atoms with E-state index >= 15 is 0 Å². The molecule has 1 aromatic carbocycles. The molecule has 0 radical (unpaired) electrons. The van der Waals surface area contributed by atoms with Crippen LogP contribution in [0, 0.1) is 11.6 Å². The lowest BCUT2D eigenvalue weighted by atomic mass is 10.3. The van der Waals surface area contributed by atoms with Gasteiger partial charge >= 0.3 is 5.97 Å². The van der Waals surface area contributed by atoms with E-state index in [9.17, 15) is 13.6 Å². The molecule has 1 heterocycles. The van der Waals surface area contributed by atoms with Crippen LogP contribution >= 0.6 is 15.9 Å². The van der Waals surface area contributed by atoms with Crippen LogP contribution in [0.25, 0.3) is 0 Å². The van der Waals surface area contributed by atoms with Crippen molar-refractivity contribution in [2.45, 2.75) is 0 Å². The number of hydrogen-bond acceptors (Lipinski definition) is 5. The van der Waals surface area contributed by atoms with Crippen LogP contribution < -0.4 is 5.32 Å². The Morgan fingerprint density at radius 2 is 2.05 bits per heavy atom. The number of aromatic nitrogens is 2. The Kier molecular flexibility index (Phi) is 4.23. The molecule has 0 bridgehead atoms. The number of benzene rings is 1. The van der Waals surface area contributed by atoms with E-state index in [2.05, 4.69) is 36.0 Å². The van der Waals surface area contributed by atoms with Crippen LogP contribution in [0.15, 0.2) is 29.0 Å². The second-order valence-electron chi connectivity index (χ2n) is 3.65. The van der Waals surface area contributed by atoms with E-state index in [0.29, 0.717) is 0 Å². The van der Waals surface area contributed by atoms with Gasteiger partial charge in [0.05, 0.1) is 29.7 Å². The van der Waals surface area contributed by atoms with Gasteiger partial charge in [0.15, 0.2) is 5.69 Å². The molecular formula is C12H8BrF2N3O2. The normalized spacial score (nSPS) is 10.2. The minimum atomic E-state index is -0.677. The summed E-state index contributed by atoms with van der Waals surface area (Å²) in [5.74, 6) is -1.90. The van der Waals surface area contributed by atoms with Gasteiger partial charge in [-0.15, -0.1) is 0 Å². The molecule has 0 unspecified atom stereocenters. The molecule has 5 nitrogen and oxygen atoms in total. The fourth-order valence-electron chi connectivity index (χ4n) is 1.39. The Bertz CT molecular complexity index is 667. The van der Waals surface area contributed by atoms with E-state index in [0.717, 1.165) is 12.1 Å². The van der Waals surface area contributed by atoms with E-state index in [1.54, 1.807) is 0 Å². The molecule has 0 spiro atoms. The fourth-order valence-corrected chi connectivity index (χ4v) is 1.70. The molecule has 0 saturated carbocycles. The number of rotatable bonds is 3. The molecule has 2 rings (SSSR count). The summed E-state index contributed by atoms with van der Waals surface area (Å²) in [5, 5.41) is 2.54. The lowest BCUT2D eigenvalue weighted by Gasteiger charge is -2.08. The average Bonchev–Trinajstić information content (AvgIpc) is 2.44. The average molecular weight is 344 g/mol. The number of hydrogen-bond donors (Lipinski definition) is 1. The molecule has 20 heavy (non-hydrogen) atoms. The first kappa shape index (κ1) is 14.3. The molecule has 1 N–H and O–H groups in total. The van der Waals surface area contributed by atoms with E-state index in [1.807, 2.05) is 0 Å². The van der Waals surface area contributed by atoms with Gasteiger partial charge < -0.3 is 10.1 Å². The van der Waals surface area contributed by atoms with Gasteiger partial charge in [-0.25, -0.2) is 18.6 Å². The number of carbonyl (C=O) groups is 1. The highest BCUT2D eigenvalue weighted by atomic mass is 79.9. The van der Waals surface area contributed by atoms with Crippen molar-refractivity contribution in [1.82, 2.24) is 9.97 Å². The van der Waals surface area contributed by atoms with Gasteiger partial charge in [0.25, 0.3) is 0 Å². The summed E-state index contributed by atoms with van der Waals surface area (Å²) >= 11 is 2.87. The monoisotopic (exact) mass is 343 g/mol. The Morgan fingerprint density at radius 3 is 2.75 bits per heavy atom. The quantitative estimate of drug-likeness (QED) is 0.685. The van der Waals surface area contributed by atoms with Crippen LogP contribution in [0.1, 0.15) is 10.5 Å². The topological polar surface area (TPSA) is 64.1 Å². The first-order valence-electron chi connectivity index (χ1n) is 5.33. The largest absolute Gasteiger partial charge is 0.464 e. The molecule has 0 aliphatic rings. The molecule has 0 amide bonds. The summed E-state index contributed by atoms with van der Waals surface area (Å²) in [5.41, 5.74) is -0.169. The summed E-state index contributed by atoms with van der Waals surface area (Å²) in [6, 6.07) is 1.95. The van der Waals surface area contributed by atoms with Gasteiger partial charge in [0, 0.05) is 6.07 Å². The maximum atomic E-state index is 13.6. The van der Waals surface area contributed by atoms with Crippen molar-refractivity contribution >= 4 is 33.4 Å². The van der Waals surface area contributed by atoms with Crippen molar-refractivity contribution in [2.75, 3.05) is 12.4 Å². The van der Waals surface area contributed by atoms with Crippen LogP contribution in [-0.2, 0) is 4.74 Å². The number of nitrogens with one attached hydrogen (secondary N) is 1. The van der Waals surface area contributed by atoms with Crippen molar-refractivity contribution in [3.8, 4) is 0 Å². The molecule has 0 fully saturated rings. The minimum Gasteiger partial charge on any atom is -0.464 e. The predicted octanol–water partition coefficient (Wildman–Crippen LogP) is 3.05. The first-order valence-corrected chi connectivity index (χ1v) is 6.12. The Labute approximate surface area is 121 Å². The third-order valence-corrected chi connectivity index (χ3v) is 2.91. The van der Waals surface area contributed by atoms with Crippen molar-refractivity contribution in [3.05, 3.63) is 46.3 Å². The number of anilines is 2. The standard InChI is InChI=1S/C12H8BrF2N3O2/c1-20-12(19)10-4-16-5-11(18-10)17-9-3-7(14)6(13)2-8(9)15/h2-5H,1H3,(H,17,18). The molecule has 8 heteroatoms. The van der Waals surface area contributed by atoms with Crippen molar-refractivity contribution in [1.29, 1.82) is 0 Å². The number of esters is 1. The van der Waals surface area contributed by atoms with Crippen molar-refractivity contribution < 1.29 is 18.3 Å². The number of ether oxygens (including phenoxy) is 1. The smallest absolute Gasteiger partial charge is 0.358 e. The third-order valence-electron chi connectivity index (χ3n) is 2.30. The van der Waals surface area contributed by atoms with Crippen LogP contribution in [-0.4, -0.2) is 23.0 Å². The Hall–Kier alpha value is -2.09. The van der Waals surface area contributed by atoms with Crippen molar-refractivity contribution in [2.24, 2.45) is 0 Å². The van der Waals surface area contributed by atoms with Crippen LogP contribution in [0.5, 0.6) is 0 Å². The molecule has 0 aliphatic heterocycles. The highest BCUT2D eigenvalue weighted by Gasteiger charge is 2.12. The number of carbonyl (C=O) groups excluding carboxylic acids is 1. The maximum Gasteiger partial charge on any atom is 0.358 e. The van der Waals surface area contributed by atoms with Gasteiger partial charge in [0.1, 0.15) is 17.5 Å². The molecular weight excluding hydrogens is 336 g/mol. The maximum absolute atomic E-state index is 13.6. The van der Waals surface area contributed by atoms with Crippen LogP contribution in [0.2, 0.25) is 0 Å². The van der Waals surface area contributed by atoms with Gasteiger partial charge in [-0.1, -0.05) is 0 Å². The zero-order valence-corrected chi connectivity index (χ0v) is 11.7. The molecule has 2 aromatic rings. The number of halogens is 3. The number of methoxy groups -OCH3 is 1. The minimum absolute atomic E-state index is 0.00921. The fraction of sp³-hybridized carbons (Fsp3) is 0.0833. The van der Waals surface area contributed by atoms with E-state index in [4.69, 9.17) is 0 Å². The molecule has 0 atom stereocenters. The molecule has 104 valence electrons. The second-order valence-corrected chi connectivity index (χ2v) is 4.51. The summed E-state index contributed by atoms with van der Waals surface area (Å²) in [4.78, 5) is 18.9. The highest BCUT2D eigenvalue weighted by molar-refractivity contribution is 9.10. The second kappa shape index (κ2) is 5.91. The SMILES string of the molecule is COC(=O)c1cncc(Nc2cc(F)c(Br)cc2F)n1. The lowest BCUT2D eigenvalue weighted by molar-refractivity contribution is 0.0593. The van der Waals surface area contributed by atoms with E-state index in [1.165, 1.54) is 19.5 Å². The van der Waals surface area contributed by atoms with E-state index < -0.39 is 17.6 Å². The lowest BCUT2D eigenvalue weighted by Crippen LogP contribution is -2.07. The Morgan fingerprint density at radius 1 is 1.30 bits per heavy atom. The molecule has 1 aromatic heterocycles. The van der Waals surface area contributed by atoms with Crippen LogP contribution in [0.4, 0.5) is 20.3 Å². The van der Waals surface area contributed by atoms with Gasteiger partial charge in [-0.2, -0.15) is 0 Å². The van der Waals surface area contributed by atoms with Crippen LogP contribution in [0.3, 0.4) is 0 Å². The Balaban J connectivity index is 2.31. The van der Waals surface area contributed by atoms with E-state index in [-0.39, 0.29) is 21.7 Å². The van der Waals surface area contributed by atoms with Gasteiger partial charge in [-0.05, 0) is 22.0 Å². The predicted molar refractivity (Wildman–Crippen MR) is 70.7 cm³/mol. The van der Waals surface area contributed by atoms with Crippen molar-refractivity contribution in [3.63, 3.8) is 0 Å². The summed E-state index contributed by atoms with van der Waals surface area (Å²) in [6.45, 7) is 0.